The van der Waals surface area contributed by atoms with E-state index in [1.165, 1.54) is 34.2 Å². The number of benzene rings is 2. The summed E-state index contributed by atoms with van der Waals surface area (Å²) in [5.74, 6) is 2.64. The lowest BCUT2D eigenvalue weighted by Crippen LogP contribution is -2.49. The number of para-hydroxylation sites is 1. The van der Waals surface area contributed by atoms with Crippen molar-refractivity contribution in [1.82, 2.24) is 14.9 Å². The molecule has 6 nitrogen and oxygen atoms in total. The van der Waals surface area contributed by atoms with Crippen LogP contribution in [0.4, 0.5) is 5.82 Å². The van der Waals surface area contributed by atoms with Crippen molar-refractivity contribution in [2.24, 2.45) is 0 Å². The molecular weight excluding hydrogens is 480 g/mol. The molecule has 4 aromatic rings. The Morgan fingerprint density at radius 2 is 1.68 bits per heavy atom. The number of hydrogen-bond donors (Lipinski definition) is 0. The third-order valence-corrected chi connectivity index (χ3v) is 8.71. The number of rotatable bonds is 6. The number of hydrogen-bond acceptors (Lipinski definition) is 6. The quantitative estimate of drug-likeness (QED) is 0.350. The molecule has 190 valence electrons. The van der Waals surface area contributed by atoms with Gasteiger partial charge in [-0.3, -0.25) is 4.79 Å². The number of methoxy groups -OCH3 is 1. The molecule has 0 radical (unpaired) electrons. The summed E-state index contributed by atoms with van der Waals surface area (Å²) in [4.78, 5) is 30.4. The van der Waals surface area contributed by atoms with Crippen LogP contribution in [0.5, 0.6) is 5.75 Å². The van der Waals surface area contributed by atoms with Gasteiger partial charge in [0.25, 0.3) is 5.91 Å². The topological polar surface area (TPSA) is 58.6 Å². The molecule has 7 heteroatoms. The van der Waals surface area contributed by atoms with Crippen LogP contribution < -0.4 is 9.64 Å². The zero-order valence-corrected chi connectivity index (χ0v) is 22.1. The molecule has 0 spiro atoms. The number of ether oxygens (including phenoxy) is 1. The van der Waals surface area contributed by atoms with Crippen molar-refractivity contribution in [3.63, 3.8) is 0 Å². The summed E-state index contributed by atoms with van der Waals surface area (Å²) < 4.78 is 5.43. The molecule has 2 aliphatic rings. The maximum atomic E-state index is 13.3. The van der Waals surface area contributed by atoms with Gasteiger partial charge in [-0.05, 0) is 55.4 Å². The third-order valence-electron chi connectivity index (χ3n) is 7.53. The van der Waals surface area contributed by atoms with E-state index >= 15 is 0 Å². The van der Waals surface area contributed by atoms with Gasteiger partial charge in [-0.25, -0.2) is 9.97 Å². The van der Waals surface area contributed by atoms with Crippen LogP contribution in [0, 0.1) is 0 Å². The van der Waals surface area contributed by atoms with Gasteiger partial charge in [0.2, 0.25) is 0 Å². The van der Waals surface area contributed by atoms with Crippen molar-refractivity contribution < 1.29 is 9.53 Å². The van der Waals surface area contributed by atoms with Crippen molar-refractivity contribution in [2.75, 3.05) is 38.2 Å². The third kappa shape index (κ3) is 4.80. The number of thiophene rings is 1. The summed E-state index contributed by atoms with van der Waals surface area (Å²) in [6, 6.07) is 18.0. The molecule has 0 saturated carbocycles. The lowest BCUT2D eigenvalue weighted by atomic mass is 9.96. The maximum absolute atomic E-state index is 13.3. The summed E-state index contributed by atoms with van der Waals surface area (Å²) in [6.45, 7) is 2.84. The van der Waals surface area contributed by atoms with Crippen LogP contribution in [-0.2, 0) is 25.7 Å². The molecule has 2 aromatic carbocycles. The van der Waals surface area contributed by atoms with E-state index in [1.807, 2.05) is 40.5 Å². The van der Waals surface area contributed by atoms with E-state index in [-0.39, 0.29) is 5.91 Å². The molecular formula is C30H32N4O2S. The van der Waals surface area contributed by atoms with E-state index in [0.29, 0.717) is 24.4 Å². The number of piperazine rings is 1. The van der Waals surface area contributed by atoms with E-state index in [9.17, 15) is 4.79 Å². The molecule has 0 N–H and O–H groups in total. The first-order chi connectivity index (χ1) is 18.2. The molecule has 1 amide bonds. The van der Waals surface area contributed by atoms with E-state index in [1.54, 1.807) is 7.11 Å². The van der Waals surface area contributed by atoms with E-state index in [2.05, 4.69) is 35.2 Å². The normalized spacial score (nSPS) is 15.6. The number of fused-ring (bicyclic) bond motifs is 3. The molecule has 0 bridgehead atoms. The summed E-state index contributed by atoms with van der Waals surface area (Å²) in [6.07, 6.45) is 6.50. The van der Waals surface area contributed by atoms with Gasteiger partial charge in [-0.2, -0.15) is 0 Å². The van der Waals surface area contributed by atoms with Crippen molar-refractivity contribution in [2.45, 2.75) is 38.5 Å². The predicted molar refractivity (Wildman–Crippen MR) is 149 cm³/mol. The van der Waals surface area contributed by atoms with Gasteiger partial charge in [-0.1, -0.05) is 42.5 Å². The summed E-state index contributed by atoms with van der Waals surface area (Å²) in [5.41, 5.74) is 3.39. The highest BCUT2D eigenvalue weighted by molar-refractivity contribution is 7.19. The lowest BCUT2D eigenvalue weighted by Gasteiger charge is -2.36. The van der Waals surface area contributed by atoms with Gasteiger partial charge in [0.1, 0.15) is 22.2 Å². The molecule has 0 atom stereocenters. The number of nitrogens with zero attached hydrogens (tertiary/aromatic N) is 4. The van der Waals surface area contributed by atoms with Crippen LogP contribution >= 0.6 is 11.3 Å². The number of anilines is 1. The molecule has 1 aliphatic carbocycles. The highest BCUT2D eigenvalue weighted by Crippen LogP contribution is 2.40. The van der Waals surface area contributed by atoms with Gasteiger partial charge in [0.05, 0.1) is 18.1 Å². The lowest BCUT2D eigenvalue weighted by molar-refractivity contribution is 0.0743. The van der Waals surface area contributed by atoms with Crippen LogP contribution in [0.2, 0.25) is 0 Å². The van der Waals surface area contributed by atoms with Gasteiger partial charge in [0, 0.05) is 37.5 Å². The van der Waals surface area contributed by atoms with E-state index < -0.39 is 0 Å². The van der Waals surface area contributed by atoms with Crippen molar-refractivity contribution >= 4 is 33.3 Å². The van der Waals surface area contributed by atoms with E-state index in [4.69, 9.17) is 14.7 Å². The largest absolute Gasteiger partial charge is 0.496 e. The maximum Gasteiger partial charge on any atom is 0.257 e. The number of carbonyl (C=O) groups excluding carboxylic acids is 1. The average Bonchev–Trinajstić information content (AvgIpc) is 3.34. The summed E-state index contributed by atoms with van der Waals surface area (Å²) in [7, 11) is 1.61. The van der Waals surface area contributed by atoms with Crippen molar-refractivity contribution in [3.05, 3.63) is 82.0 Å². The second-order valence-electron chi connectivity index (χ2n) is 9.82. The first-order valence-corrected chi connectivity index (χ1v) is 14.1. The van der Waals surface area contributed by atoms with Gasteiger partial charge < -0.3 is 14.5 Å². The smallest absolute Gasteiger partial charge is 0.257 e. The second-order valence-corrected chi connectivity index (χ2v) is 10.9. The first-order valence-electron chi connectivity index (χ1n) is 13.2. The molecule has 37 heavy (non-hydrogen) atoms. The Bertz CT molecular complexity index is 1410. The van der Waals surface area contributed by atoms with Crippen LogP contribution in [-0.4, -0.2) is 54.1 Å². The minimum Gasteiger partial charge on any atom is -0.496 e. The minimum absolute atomic E-state index is 0.0291. The molecule has 1 aliphatic heterocycles. The fourth-order valence-electron chi connectivity index (χ4n) is 5.54. The standard InChI is InChI=1S/C30H32N4O2S/c1-36-24-13-7-5-11-22(24)30(35)34-19-17-33(18-20-34)28-27-23-12-6-8-14-25(23)37-29(27)32-26(31-28)16-15-21-9-3-2-4-10-21/h2-5,7,9-11,13H,6,8,12,14-20H2,1H3. The van der Waals surface area contributed by atoms with Crippen molar-refractivity contribution in [3.8, 4) is 5.75 Å². The van der Waals surface area contributed by atoms with Crippen LogP contribution in [0.3, 0.4) is 0 Å². The molecule has 6 rings (SSSR count). The second kappa shape index (κ2) is 10.5. The fraction of sp³-hybridized carbons (Fsp3) is 0.367. The van der Waals surface area contributed by atoms with Crippen LogP contribution in [0.15, 0.2) is 54.6 Å². The predicted octanol–water partition coefficient (Wildman–Crippen LogP) is 5.33. The minimum atomic E-state index is 0.0291. The number of amides is 1. The monoisotopic (exact) mass is 512 g/mol. The molecule has 3 heterocycles. The number of aryl methyl sites for hydroxylation is 4. The summed E-state index contributed by atoms with van der Waals surface area (Å²) in [5, 5.41) is 1.26. The van der Waals surface area contributed by atoms with Crippen molar-refractivity contribution in [1.29, 1.82) is 0 Å². The highest BCUT2D eigenvalue weighted by atomic mass is 32.1. The Morgan fingerprint density at radius 1 is 0.919 bits per heavy atom. The van der Waals surface area contributed by atoms with Crippen LogP contribution in [0.25, 0.3) is 10.2 Å². The fourth-order valence-corrected chi connectivity index (χ4v) is 6.81. The molecule has 0 unspecified atom stereocenters. The SMILES string of the molecule is COc1ccccc1C(=O)N1CCN(c2nc(CCc3ccccc3)nc3sc4c(c23)CCCC4)CC1. The average molecular weight is 513 g/mol. The Kier molecular flexibility index (Phi) is 6.79. The van der Waals surface area contributed by atoms with Gasteiger partial charge in [0.15, 0.2) is 0 Å². The summed E-state index contributed by atoms with van der Waals surface area (Å²) >= 11 is 1.86. The van der Waals surface area contributed by atoms with Gasteiger partial charge in [-0.15, -0.1) is 11.3 Å². The Morgan fingerprint density at radius 3 is 2.49 bits per heavy atom. The molecule has 1 fully saturated rings. The Labute approximate surface area is 221 Å². The molecule has 1 saturated heterocycles. The highest BCUT2D eigenvalue weighted by Gasteiger charge is 2.28. The number of carbonyl (C=O) groups is 1. The van der Waals surface area contributed by atoms with Gasteiger partial charge >= 0.3 is 0 Å². The Balaban J connectivity index is 1.27. The molecule has 2 aromatic heterocycles. The zero-order valence-electron chi connectivity index (χ0n) is 21.3. The van der Waals surface area contributed by atoms with Crippen LogP contribution in [0.1, 0.15) is 45.0 Å². The zero-order chi connectivity index (χ0) is 25.2. The Hall–Kier alpha value is -3.45. The number of aromatic nitrogens is 2. The van der Waals surface area contributed by atoms with E-state index in [0.717, 1.165) is 55.2 Å². The first kappa shape index (κ1) is 23.9.